The molecule has 0 N–H and O–H groups in total. The molecule has 0 spiro atoms. The van der Waals surface area contributed by atoms with Crippen molar-refractivity contribution in [1.29, 1.82) is 0 Å². The molecular formula is C25H19NO5. The average Bonchev–Trinajstić information content (AvgIpc) is 2.78. The zero-order valence-electron chi connectivity index (χ0n) is 16.8. The Hall–Kier alpha value is -4.06. The molecule has 0 saturated carbocycles. The molecule has 0 fully saturated rings. The molecule has 0 aliphatic carbocycles. The van der Waals surface area contributed by atoms with E-state index in [1.54, 1.807) is 43.6 Å². The molecule has 0 saturated heterocycles. The second-order valence-corrected chi connectivity index (χ2v) is 7.24. The van der Waals surface area contributed by atoms with Crippen molar-refractivity contribution in [2.75, 3.05) is 0 Å². The number of benzene rings is 3. The van der Waals surface area contributed by atoms with E-state index in [2.05, 4.69) is 4.98 Å². The number of pyridine rings is 1. The number of nitrogens with zero attached hydrogens (tertiary/aromatic N) is 1. The molecule has 0 radical (unpaired) electrons. The molecule has 0 amide bonds. The molecule has 1 aliphatic heterocycles. The highest BCUT2D eigenvalue weighted by Gasteiger charge is 2.41. The van der Waals surface area contributed by atoms with Gasteiger partial charge in [-0.3, -0.25) is 4.98 Å². The highest BCUT2D eigenvalue weighted by atomic mass is 16.9. The lowest BCUT2D eigenvalue weighted by atomic mass is 10.0. The van der Waals surface area contributed by atoms with E-state index in [0.29, 0.717) is 29.4 Å². The first kappa shape index (κ1) is 18.9. The summed E-state index contributed by atoms with van der Waals surface area (Å²) in [5, 5.41) is 1.66. The third kappa shape index (κ3) is 3.88. The number of rotatable bonds is 5. The van der Waals surface area contributed by atoms with Crippen LogP contribution in [0, 0.1) is 0 Å². The van der Waals surface area contributed by atoms with E-state index in [0.717, 1.165) is 16.3 Å². The van der Waals surface area contributed by atoms with Crippen molar-refractivity contribution in [2.45, 2.75) is 19.5 Å². The van der Waals surface area contributed by atoms with Gasteiger partial charge in [-0.25, -0.2) is 4.79 Å². The monoisotopic (exact) mass is 413 g/mol. The maximum absolute atomic E-state index is 12.7. The van der Waals surface area contributed by atoms with Gasteiger partial charge in [0.05, 0.1) is 6.92 Å². The second-order valence-electron chi connectivity index (χ2n) is 7.24. The third-order valence-electron chi connectivity index (χ3n) is 4.90. The Bertz CT molecular complexity index is 1240. The van der Waals surface area contributed by atoms with Gasteiger partial charge in [0.25, 0.3) is 0 Å². The molecule has 1 atom stereocenters. The van der Waals surface area contributed by atoms with Crippen LogP contribution in [0.3, 0.4) is 0 Å². The predicted molar refractivity (Wildman–Crippen MR) is 114 cm³/mol. The summed E-state index contributed by atoms with van der Waals surface area (Å²) in [6.45, 7) is 1.94. The van der Waals surface area contributed by atoms with Gasteiger partial charge in [0, 0.05) is 23.3 Å². The first-order valence-electron chi connectivity index (χ1n) is 9.85. The van der Waals surface area contributed by atoms with Gasteiger partial charge in [0.15, 0.2) is 0 Å². The molecular weight excluding hydrogens is 394 g/mol. The highest BCUT2D eigenvalue weighted by Crippen LogP contribution is 2.38. The Balaban J connectivity index is 1.47. The van der Waals surface area contributed by atoms with Crippen molar-refractivity contribution < 1.29 is 23.7 Å². The highest BCUT2D eigenvalue weighted by molar-refractivity contribution is 6.01. The van der Waals surface area contributed by atoms with E-state index in [1.807, 2.05) is 48.5 Å². The van der Waals surface area contributed by atoms with Gasteiger partial charge in [-0.1, -0.05) is 36.4 Å². The summed E-state index contributed by atoms with van der Waals surface area (Å²) in [7, 11) is 0. The Labute approximate surface area is 179 Å². The molecule has 1 aliphatic rings. The van der Waals surface area contributed by atoms with Crippen molar-refractivity contribution in [2.24, 2.45) is 0 Å². The summed E-state index contributed by atoms with van der Waals surface area (Å²) < 4.78 is 23.3. The number of fused-ring (bicyclic) bond motifs is 2. The lowest BCUT2D eigenvalue weighted by Crippen LogP contribution is -2.47. The Morgan fingerprint density at radius 3 is 2.65 bits per heavy atom. The number of cyclic esters (lactones) is 1. The number of esters is 1. The minimum atomic E-state index is -1.58. The van der Waals surface area contributed by atoms with Crippen molar-refractivity contribution in [3.8, 4) is 17.2 Å². The quantitative estimate of drug-likeness (QED) is 0.423. The first-order valence-corrected chi connectivity index (χ1v) is 9.85. The van der Waals surface area contributed by atoms with Crippen LogP contribution in [0.5, 0.6) is 17.2 Å². The number of ether oxygens (including phenoxy) is 4. The van der Waals surface area contributed by atoms with Gasteiger partial charge in [-0.15, -0.1) is 0 Å². The SMILES string of the molecule is CC1(Oc2ccccc2)OC(=O)c2cc3cccc(OCc4cccnc4)c3cc2O1. The molecule has 5 rings (SSSR count). The molecule has 2 heterocycles. The molecule has 3 aromatic carbocycles. The van der Waals surface area contributed by atoms with Crippen LogP contribution in [0.1, 0.15) is 22.8 Å². The molecule has 154 valence electrons. The normalized spacial score (nSPS) is 17.4. The zero-order valence-corrected chi connectivity index (χ0v) is 16.8. The average molecular weight is 413 g/mol. The van der Waals surface area contributed by atoms with Gasteiger partial charge in [-0.2, -0.15) is 0 Å². The van der Waals surface area contributed by atoms with Gasteiger partial charge in [-0.05, 0) is 41.8 Å². The van der Waals surface area contributed by atoms with Crippen LogP contribution in [0.2, 0.25) is 0 Å². The number of hydrogen-bond donors (Lipinski definition) is 0. The fourth-order valence-electron chi connectivity index (χ4n) is 3.48. The van der Waals surface area contributed by atoms with Crippen molar-refractivity contribution >= 4 is 16.7 Å². The lowest BCUT2D eigenvalue weighted by molar-refractivity contribution is -0.263. The van der Waals surface area contributed by atoms with E-state index >= 15 is 0 Å². The number of carbonyl (C=O) groups is 1. The summed E-state index contributed by atoms with van der Waals surface area (Å²) in [6, 6.07) is 22.1. The van der Waals surface area contributed by atoms with E-state index in [1.165, 1.54) is 0 Å². The van der Waals surface area contributed by atoms with Gasteiger partial charge >= 0.3 is 11.9 Å². The summed E-state index contributed by atoms with van der Waals surface area (Å²) in [5.41, 5.74) is 1.30. The van der Waals surface area contributed by atoms with Gasteiger partial charge in [0.1, 0.15) is 29.4 Å². The Morgan fingerprint density at radius 1 is 0.968 bits per heavy atom. The standard InChI is InChI=1S/C25H19NO5/c1-25(29-19-9-3-2-4-10-19)30-23-14-20-18(13-21(23)24(27)31-25)8-5-11-22(20)28-16-17-7-6-12-26-15-17/h2-15H,16H2,1H3. The predicted octanol–water partition coefficient (Wildman–Crippen LogP) is 5.12. The first-order chi connectivity index (χ1) is 15.1. The minimum Gasteiger partial charge on any atom is -0.488 e. The Morgan fingerprint density at radius 2 is 1.84 bits per heavy atom. The van der Waals surface area contributed by atoms with E-state index in [9.17, 15) is 4.79 Å². The van der Waals surface area contributed by atoms with E-state index in [4.69, 9.17) is 18.9 Å². The lowest BCUT2D eigenvalue weighted by Gasteiger charge is -2.34. The summed E-state index contributed by atoms with van der Waals surface area (Å²) in [6.07, 6.45) is 3.48. The van der Waals surface area contributed by atoms with Crippen molar-refractivity contribution in [3.63, 3.8) is 0 Å². The largest absolute Gasteiger partial charge is 0.488 e. The molecule has 0 bridgehead atoms. The molecule has 6 nitrogen and oxygen atoms in total. The number of aromatic nitrogens is 1. The summed E-state index contributed by atoms with van der Waals surface area (Å²) in [4.78, 5) is 16.8. The second kappa shape index (κ2) is 7.65. The van der Waals surface area contributed by atoms with Crippen LogP contribution in [-0.4, -0.2) is 16.9 Å². The van der Waals surface area contributed by atoms with Crippen LogP contribution in [0.15, 0.2) is 85.2 Å². The van der Waals surface area contributed by atoms with Crippen molar-refractivity contribution in [1.82, 2.24) is 4.98 Å². The number of carbonyl (C=O) groups excluding carboxylic acids is 1. The van der Waals surface area contributed by atoms with Crippen LogP contribution in [-0.2, 0) is 11.3 Å². The minimum absolute atomic E-state index is 0.339. The molecule has 31 heavy (non-hydrogen) atoms. The number of hydrogen-bond acceptors (Lipinski definition) is 6. The molecule has 4 aromatic rings. The van der Waals surface area contributed by atoms with Gasteiger partial charge < -0.3 is 18.9 Å². The fraction of sp³-hybridized carbons (Fsp3) is 0.120. The fourth-order valence-corrected chi connectivity index (χ4v) is 3.48. The molecule has 1 unspecified atom stereocenters. The van der Waals surface area contributed by atoms with E-state index < -0.39 is 11.9 Å². The molecule has 6 heteroatoms. The Kier molecular flexibility index (Phi) is 4.67. The summed E-state index contributed by atoms with van der Waals surface area (Å²) in [5.74, 6) is -0.507. The maximum Gasteiger partial charge on any atom is 0.416 e. The zero-order chi connectivity index (χ0) is 21.3. The molecule has 1 aromatic heterocycles. The summed E-state index contributed by atoms with van der Waals surface area (Å²) >= 11 is 0. The van der Waals surface area contributed by atoms with Crippen LogP contribution < -0.4 is 14.2 Å². The van der Waals surface area contributed by atoms with Crippen LogP contribution in [0.4, 0.5) is 0 Å². The topological polar surface area (TPSA) is 66.9 Å². The number of para-hydroxylation sites is 1. The maximum atomic E-state index is 12.7. The van der Waals surface area contributed by atoms with E-state index in [-0.39, 0.29) is 0 Å². The van der Waals surface area contributed by atoms with Crippen LogP contribution in [0.25, 0.3) is 10.8 Å². The van der Waals surface area contributed by atoms with Gasteiger partial charge in [0.2, 0.25) is 0 Å². The smallest absolute Gasteiger partial charge is 0.416 e. The van der Waals surface area contributed by atoms with Crippen LogP contribution >= 0.6 is 0 Å². The third-order valence-corrected chi connectivity index (χ3v) is 4.90. The van der Waals surface area contributed by atoms with Crippen molar-refractivity contribution in [3.05, 3.63) is 96.3 Å².